The average molecular weight is 309 g/mol. The number of amides is 1. The van der Waals surface area contributed by atoms with Gasteiger partial charge in [0.05, 0.1) is 11.2 Å². The first-order valence-electron chi connectivity index (χ1n) is 7.01. The molecule has 0 spiro atoms. The largest absolute Gasteiger partial charge is 0.396 e. The Morgan fingerprint density at radius 1 is 1.24 bits per heavy atom. The lowest BCUT2D eigenvalue weighted by molar-refractivity contribution is 0.0949. The van der Waals surface area contributed by atoms with Crippen LogP contribution in [-0.2, 0) is 6.42 Å². The van der Waals surface area contributed by atoms with Gasteiger partial charge in [0.1, 0.15) is 0 Å². The van der Waals surface area contributed by atoms with E-state index in [9.17, 15) is 4.79 Å². The van der Waals surface area contributed by atoms with E-state index >= 15 is 0 Å². The Bertz CT molecular complexity index is 630. The van der Waals surface area contributed by atoms with Crippen molar-refractivity contribution in [1.29, 1.82) is 0 Å². The molecule has 1 aromatic carbocycles. The second-order valence-corrected chi connectivity index (χ2v) is 4.78. The molecule has 0 unspecified atom stereocenters. The summed E-state index contributed by atoms with van der Waals surface area (Å²) in [4.78, 5) is 12.0. The number of nitrogen functional groups attached to an aromatic ring is 1. The molecule has 0 bridgehead atoms. The average Bonchev–Trinajstić information content (AvgIpc) is 2.46. The van der Waals surface area contributed by atoms with Gasteiger partial charge in [0, 0.05) is 11.9 Å². The van der Waals surface area contributed by atoms with Crippen molar-refractivity contribution in [1.82, 2.24) is 15.5 Å². The fourth-order valence-corrected chi connectivity index (χ4v) is 2.17. The highest BCUT2D eigenvalue weighted by atomic mass is 35.5. The van der Waals surface area contributed by atoms with Crippen molar-refractivity contribution in [3.63, 3.8) is 0 Å². The molecule has 0 aliphatic rings. The second-order valence-electron chi connectivity index (χ2n) is 4.78. The molecule has 2 aromatic rings. The molecule has 1 aromatic heterocycles. The summed E-state index contributed by atoms with van der Waals surface area (Å²) in [6.07, 6.45) is 2.82. The van der Waals surface area contributed by atoms with Gasteiger partial charge < -0.3 is 11.1 Å². The molecule has 0 aliphatic heterocycles. The SMILES string of the molecule is CCCNC(=O)c1nnc2c(CCC)cccc2c1N.Cl. The van der Waals surface area contributed by atoms with Gasteiger partial charge in [-0.1, -0.05) is 38.5 Å². The molecule has 0 saturated carbocycles. The first kappa shape index (κ1) is 17.2. The van der Waals surface area contributed by atoms with Gasteiger partial charge in [0.25, 0.3) is 5.91 Å². The lowest BCUT2D eigenvalue weighted by atomic mass is 10.0. The van der Waals surface area contributed by atoms with Crippen LogP contribution in [0.2, 0.25) is 0 Å². The molecule has 0 saturated heterocycles. The Morgan fingerprint density at radius 3 is 2.67 bits per heavy atom. The number of fused-ring (bicyclic) bond motifs is 1. The van der Waals surface area contributed by atoms with E-state index in [1.54, 1.807) is 0 Å². The topological polar surface area (TPSA) is 80.9 Å². The summed E-state index contributed by atoms with van der Waals surface area (Å²) < 4.78 is 0. The van der Waals surface area contributed by atoms with E-state index in [1.807, 2.05) is 25.1 Å². The van der Waals surface area contributed by atoms with Gasteiger partial charge in [0.2, 0.25) is 0 Å². The molecule has 6 heteroatoms. The Labute approximate surface area is 130 Å². The number of rotatable bonds is 5. The number of nitrogens with zero attached hydrogens (tertiary/aromatic N) is 2. The highest BCUT2D eigenvalue weighted by molar-refractivity contribution is 6.04. The van der Waals surface area contributed by atoms with Crippen LogP contribution in [0.4, 0.5) is 5.69 Å². The maximum atomic E-state index is 12.0. The quantitative estimate of drug-likeness (QED) is 0.890. The van der Waals surface area contributed by atoms with Crippen molar-refractivity contribution in [2.75, 3.05) is 12.3 Å². The summed E-state index contributed by atoms with van der Waals surface area (Å²) in [6.45, 7) is 4.71. The number of hydrogen-bond donors (Lipinski definition) is 2. The standard InChI is InChI=1S/C15H20N4O.ClH/c1-3-6-10-7-5-8-11-12(16)14(19-18-13(10)11)15(20)17-9-4-2;/h5,7-8H,3-4,6,9H2,1-2H3,(H2,16,18)(H,17,20);1H. The molecule has 5 nitrogen and oxygen atoms in total. The van der Waals surface area contributed by atoms with Gasteiger partial charge in [-0.2, -0.15) is 0 Å². The lowest BCUT2D eigenvalue weighted by Crippen LogP contribution is -2.26. The van der Waals surface area contributed by atoms with E-state index < -0.39 is 0 Å². The van der Waals surface area contributed by atoms with Gasteiger partial charge in [0.15, 0.2) is 5.69 Å². The van der Waals surface area contributed by atoms with Gasteiger partial charge in [-0.05, 0) is 18.4 Å². The van der Waals surface area contributed by atoms with E-state index in [-0.39, 0.29) is 24.0 Å². The van der Waals surface area contributed by atoms with Gasteiger partial charge in [-0.25, -0.2) is 0 Å². The van der Waals surface area contributed by atoms with E-state index in [0.29, 0.717) is 12.2 Å². The zero-order valence-electron chi connectivity index (χ0n) is 12.3. The molecule has 0 aliphatic carbocycles. The van der Waals surface area contributed by atoms with Crippen LogP contribution in [0.3, 0.4) is 0 Å². The van der Waals surface area contributed by atoms with Crippen LogP contribution in [0.5, 0.6) is 0 Å². The summed E-state index contributed by atoms with van der Waals surface area (Å²) in [7, 11) is 0. The van der Waals surface area contributed by atoms with Crippen LogP contribution in [0, 0.1) is 0 Å². The first-order valence-corrected chi connectivity index (χ1v) is 7.01. The van der Waals surface area contributed by atoms with E-state index in [1.165, 1.54) is 0 Å². The molecule has 3 N–H and O–H groups in total. The fourth-order valence-electron chi connectivity index (χ4n) is 2.17. The Morgan fingerprint density at radius 2 is 2.00 bits per heavy atom. The van der Waals surface area contributed by atoms with Crippen molar-refractivity contribution in [2.24, 2.45) is 0 Å². The van der Waals surface area contributed by atoms with Crippen LogP contribution >= 0.6 is 12.4 Å². The van der Waals surface area contributed by atoms with Crippen LogP contribution < -0.4 is 11.1 Å². The van der Waals surface area contributed by atoms with Crippen molar-refractivity contribution < 1.29 is 4.79 Å². The summed E-state index contributed by atoms with van der Waals surface area (Å²) >= 11 is 0. The monoisotopic (exact) mass is 308 g/mol. The number of anilines is 1. The Balaban J connectivity index is 0.00000220. The van der Waals surface area contributed by atoms with Crippen molar-refractivity contribution >= 4 is 34.9 Å². The van der Waals surface area contributed by atoms with Crippen molar-refractivity contribution in [3.8, 4) is 0 Å². The van der Waals surface area contributed by atoms with Crippen molar-refractivity contribution in [2.45, 2.75) is 33.1 Å². The Hall–Kier alpha value is -1.88. The normalized spacial score (nSPS) is 10.2. The minimum atomic E-state index is -0.264. The number of carbonyl (C=O) groups excluding carboxylic acids is 1. The third-order valence-electron chi connectivity index (χ3n) is 3.18. The first-order chi connectivity index (χ1) is 9.69. The zero-order valence-corrected chi connectivity index (χ0v) is 13.2. The van der Waals surface area contributed by atoms with E-state index in [0.717, 1.165) is 35.7 Å². The molecule has 1 heterocycles. The third-order valence-corrected chi connectivity index (χ3v) is 3.18. The van der Waals surface area contributed by atoms with E-state index in [4.69, 9.17) is 5.73 Å². The predicted octanol–water partition coefficient (Wildman–Crippen LogP) is 2.73. The molecule has 0 radical (unpaired) electrons. The zero-order chi connectivity index (χ0) is 14.5. The number of benzene rings is 1. The summed E-state index contributed by atoms with van der Waals surface area (Å²) in [5, 5.41) is 11.8. The van der Waals surface area contributed by atoms with Crippen LogP contribution in [0.15, 0.2) is 18.2 Å². The maximum absolute atomic E-state index is 12.0. The number of nitrogens with one attached hydrogen (secondary N) is 1. The molecule has 2 rings (SSSR count). The Kier molecular flexibility index (Phi) is 6.37. The molecule has 0 atom stereocenters. The highest BCUT2D eigenvalue weighted by Crippen LogP contribution is 2.24. The van der Waals surface area contributed by atoms with Gasteiger partial charge in [-0.3, -0.25) is 4.79 Å². The fraction of sp³-hybridized carbons (Fsp3) is 0.400. The molecular formula is C15H21ClN4O. The van der Waals surface area contributed by atoms with Gasteiger partial charge in [-0.15, -0.1) is 22.6 Å². The lowest BCUT2D eigenvalue weighted by Gasteiger charge is -2.09. The van der Waals surface area contributed by atoms with Crippen LogP contribution in [0.1, 0.15) is 42.7 Å². The van der Waals surface area contributed by atoms with Gasteiger partial charge >= 0.3 is 0 Å². The third kappa shape index (κ3) is 3.61. The second kappa shape index (κ2) is 7.78. The number of nitrogens with two attached hydrogens (primary N) is 1. The summed E-state index contributed by atoms with van der Waals surface area (Å²) in [5.41, 5.74) is 8.61. The molecular weight excluding hydrogens is 288 g/mol. The number of aryl methyl sites for hydroxylation is 1. The minimum absolute atomic E-state index is 0. The van der Waals surface area contributed by atoms with Crippen LogP contribution in [-0.4, -0.2) is 22.6 Å². The number of hydrogen-bond acceptors (Lipinski definition) is 4. The smallest absolute Gasteiger partial charge is 0.273 e. The minimum Gasteiger partial charge on any atom is -0.396 e. The predicted molar refractivity (Wildman–Crippen MR) is 87.8 cm³/mol. The number of halogens is 1. The number of aromatic nitrogens is 2. The van der Waals surface area contributed by atoms with Crippen LogP contribution in [0.25, 0.3) is 10.9 Å². The van der Waals surface area contributed by atoms with Crippen molar-refractivity contribution in [3.05, 3.63) is 29.5 Å². The summed E-state index contributed by atoms with van der Waals surface area (Å²) in [5.74, 6) is -0.264. The molecule has 21 heavy (non-hydrogen) atoms. The summed E-state index contributed by atoms with van der Waals surface area (Å²) in [6, 6.07) is 5.85. The maximum Gasteiger partial charge on any atom is 0.273 e. The molecule has 0 fully saturated rings. The highest BCUT2D eigenvalue weighted by Gasteiger charge is 2.15. The molecule has 114 valence electrons. The van der Waals surface area contributed by atoms with E-state index in [2.05, 4.69) is 22.4 Å². The molecule has 1 amide bonds. The number of carbonyl (C=O) groups is 1.